The van der Waals surface area contributed by atoms with Crippen molar-refractivity contribution in [3.05, 3.63) is 23.8 Å². The van der Waals surface area contributed by atoms with Crippen LogP contribution in [0.5, 0.6) is 11.5 Å². The maximum absolute atomic E-state index is 5.69. The maximum Gasteiger partial charge on any atom is 0.169 e. The van der Waals surface area contributed by atoms with E-state index in [9.17, 15) is 0 Å². The first-order chi connectivity index (χ1) is 8.69. The Labute approximate surface area is 110 Å². The number of rotatable bonds is 8. The van der Waals surface area contributed by atoms with Crippen LogP contribution in [0.4, 0.5) is 0 Å². The molecule has 0 aromatic heterocycles. The smallest absolute Gasteiger partial charge is 0.169 e. The predicted octanol–water partition coefficient (Wildman–Crippen LogP) is -0.698. The van der Waals surface area contributed by atoms with Gasteiger partial charge < -0.3 is 19.7 Å². The number of hydrogen-bond acceptors (Lipinski definition) is 2. The Bertz CT molecular complexity index is 354. The van der Waals surface area contributed by atoms with Crippen LogP contribution in [-0.4, -0.2) is 40.9 Å². The van der Waals surface area contributed by atoms with Gasteiger partial charge in [-0.05, 0) is 19.1 Å². The van der Waals surface area contributed by atoms with Crippen LogP contribution in [0.2, 0.25) is 0 Å². The van der Waals surface area contributed by atoms with Crippen LogP contribution in [0.3, 0.4) is 0 Å². The van der Waals surface area contributed by atoms with Gasteiger partial charge in [-0.15, -0.1) is 0 Å². The summed E-state index contributed by atoms with van der Waals surface area (Å²) in [4.78, 5) is 1.47. The summed E-state index contributed by atoms with van der Waals surface area (Å²) in [6.07, 6.45) is 0. The van der Waals surface area contributed by atoms with Gasteiger partial charge in [-0.3, -0.25) is 0 Å². The Morgan fingerprint density at radius 1 is 1.28 bits per heavy atom. The van der Waals surface area contributed by atoms with Gasteiger partial charge in [-0.1, -0.05) is 6.07 Å². The summed E-state index contributed by atoms with van der Waals surface area (Å²) in [5.74, 6) is 1.71. The van der Waals surface area contributed by atoms with E-state index in [-0.39, 0.29) is 0 Å². The molecule has 0 amide bonds. The van der Waals surface area contributed by atoms with Crippen molar-refractivity contribution in [2.75, 3.05) is 40.9 Å². The Kier molecular flexibility index (Phi) is 6.54. The van der Waals surface area contributed by atoms with Gasteiger partial charge in [0.05, 0.1) is 33.4 Å². The molecule has 3 N–H and O–H groups in total. The van der Waals surface area contributed by atoms with Gasteiger partial charge in [0.2, 0.25) is 0 Å². The van der Waals surface area contributed by atoms with Crippen molar-refractivity contribution in [1.82, 2.24) is 0 Å². The first-order valence-electron chi connectivity index (χ1n) is 6.58. The molecular formula is C14H26N2O2+2. The van der Waals surface area contributed by atoms with E-state index in [2.05, 4.69) is 25.5 Å². The van der Waals surface area contributed by atoms with E-state index in [1.807, 2.05) is 19.1 Å². The van der Waals surface area contributed by atoms with Crippen molar-refractivity contribution in [1.29, 1.82) is 0 Å². The minimum absolute atomic E-state index is 0.662. The summed E-state index contributed by atoms with van der Waals surface area (Å²) in [5.41, 5.74) is 1.20. The standard InChI is InChI=1S/C14H24N2O2/c1-5-18-14-12(7-6-8-13(14)17-4)11-15-9-10-16(2)3/h6-8,15H,5,9-11H2,1-4H3/p+2. The van der Waals surface area contributed by atoms with E-state index < -0.39 is 0 Å². The largest absolute Gasteiger partial charge is 0.493 e. The fraction of sp³-hybridized carbons (Fsp3) is 0.571. The van der Waals surface area contributed by atoms with Crippen molar-refractivity contribution in [3.8, 4) is 11.5 Å². The maximum atomic E-state index is 5.69. The molecule has 0 aliphatic carbocycles. The fourth-order valence-corrected chi connectivity index (χ4v) is 1.84. The van der Waals surface area contributed by atoms with Crippen molar-refractivity contribution in [3.63, 3.8) is 0 Å². The van der Waals surface area contributed by atoms with Gasteiger partial charge in [0.1, 0.15) is 19.6 Å². The third-order valence-electron chi connectivity index (χ3n) is 2.78. The van der Waals surface area contributed by atoms with Crippen LogP contribution in [0.1, 0.15) is 12.5 Å². The van der Waals surface area contributed by atoms with Crippen LogP contribution in [0.25, 0.3) is 0 Å². The molecule has 0 saturated carbocycles. The minimum Gasteiger partial charge on any atom is -0.493 e. The molecule has 0 radical (unpaired) electrons. The number of benzene rings is 1. The SMILES string of the molecule is CCOc1c(C[NH2+]CC[NH+](C)C)cccc1OC. The third kappa shape index (κ3) is 4.55. The molecule has 0 aliphatic rings. The molecule has 0 heterocycles. The molecule has 0 atom stereocenters. The van der Waals surface area contributed by atoms with E-state index in [1.54, 1.807) is 7.11 Å². The first-order valence-corrected chi connectivity index (χ1v) is 6.58. The highest BCUT2D eigenvalue weighted by Gasteiger charge is 2.11. The Morgan fingerprint density at radius 2 is 2.06 bits per heavy atom. The predicted molar refractivity (Wildman–Crippen MR) is 72.3 cm³/mol. The Morgan fingerprint density at radius 3 is 2.67 bits per heavy atom. The van der Waals surface area contributed by atoms with Gasteiger partial charge >= 0.3 is 0 Å². The highest BCUT2D eigenvalue weighted by atomic mass is 16.5. The summed E-state index contributed by atoms with van der Waals surface area (Å²) in [6.45, 7) is 5.86. The normalized spacial score (nSPS) is 10.7. The number of likely N-dealkylation sites (N-methyl/N-ethyl adjacent to an activating group) is 1. The van der Waals surface area contributed by atoms with E-state index >= 15 is 0 Å². The van der Waals surface area contributed by atoms with Crippen LogP contribution in [-0.2, 0) is 6.54 Å². The van der Waals surface area contributed by atoms with E-state index in [1.165, 1.54) is 10.5 Å². The highest BCUT2D eigenvalue weighted by Crippen LogP contribution is 2.30. The highest BCUT2D eigenvalue weighted by molar-refractivity contribution is 5.46. The van der Waals surface area contributed by atoms with Gasteiger partial charge in [0.15, 0.2) is 11.5 Å². The second-order valence-electron chi connectivity index (χ2n) is 4.62. The average Bonchev–Trinajstić information content (AvgIpc) is 2.36. The molecule has 18 heavy (non-hydrogen) atoms. The number of nitrogens with two attached hydrogens (primary N) is 1. The Hall–Kier alpha value is -1.26. The molecular weight excluding hydrogens is 228 g/mol. The lowest BCUT2D eigenvalue weighted by Gasteiger charge is -2.13. The molecule has 4 heteroatoms. The number of para-hydroxylation sites is 1. The monoisotopic (exact) mass is 254 g/mol. The zero-order valence-electron chi connectivity index (χ0n) is 12.0. The lowest BCUT2D eigenvalue weighted by molar-refractivity contribution is -0.875. The number of methoxy groups -OCH3 is 1. The zero-order valence-corrected chi connectivity index (χ0v) is 12.0. The Balaban J connectivity index is 2.63. The van der Waals surface area contributed by atoms with Crippen LogP contribution in [0.15, 0.2) is 18.2 Å². The van der Waals surface area contributed by atoms with Gasteiger partial charge in [0, 0.05) is 0 Å². The summed E-state index contributed by atoms with van der Waals surface area (Å²) in [5, 5.41) is 2.31. The van der Waals surface area contributed by atoms with Crippen LogP contribution >= 0.6 is 0 Å². The molecule has 0 bridgehead atoms. The van der Waals surface area contributed by atoms with Crippen molar-refractivity contribution in [2.45, 2.75) is 13.5 Å². The first kappa shape index (κ1) is 14.8. The molecule has 0 spiro atoms. The second kappa shape index (κ2) is 7.95. The van der Waals surface area contributed by atoms with Gasteiger partial charge in [-0.2, -0.15) is 0 Å². The molecule has 0 aliphatic heterocycles. The summed E-state index contributed by atoms with van der Waals surface area (Å²) < 4.78 is 11.0. The quantitative estimate of drug-likeness (QED) is 0.602. The lowest BCUT2D eigenvalue weighted by atomic mass is 10.2. The minimum atomic E-state index is 0.662. The summed E-state index contributed by atoms with van der Waals surface area (Å²) in [7, 11) is 6.02. The molecule has 1 aromatic carbocycles. The average molecular weight is 254 g/mol. The molecule has 0 fully saturated rings. The molecule has 102 valence electrons. The molecule has 0 saturated heterocycles. The van der Waals surface area contributed by atoms with E-state index in [0.717, 1.165) is 31.1 Å². The van der Waals surface area contributed by atoms with E-state index in [4.69, 9.17) is 9.47 Å². The van der Waals surface area contributed by atoms with E-state index in [0.29, 0.717) is 6.61 Å². The number of ether oxygens (including phenoxy) is 2. The third-order valence-corrected chi connectivity index (χ3v) is 2.78. The number of hydrogen-bond donors (Lipinski definition) is 2. The second-order valence-corrected chi connectivity index (χ2v) is 4.62. The van der Waals surface area contributed by atoms with Gasteiger partial charge in [-0.25, -0.2) is 0 Å². The molecule has 4 nitrogen and oxygen atoms in total. The fourth-order valence-electron chi connectivity index (χ4n) is 1.84. The number of quaternary nitrogens is 2. The van der Waals surface area contributed by atoms with Crippen molar-refractivity contribution in [2.24, 2.45) is 0 Å². The van der Waals surface area contributed by atoms with Crippen LogP contribution < -0.4 is 19.7 Å². The molecule has 1 rings (SSSR count). The topological polar surface area (TPSA) is 39.5 Å². The zero-order chi connectivity index (χ0) is 13.4. The van der Waals surface area contributed by atoms with Crippen molar-refractivity contribution >= 4 is 0 Å². The number of nitrogens with one attached hydrogen (secondary N) is 1. The van der Waals surface area contributed by atoms with Crippen molar-refractivity contribution < 1.29 is 19.7 Å². The van der Waals surface area contributed by atoms with Gasteiger partial charge in [0.25, 0.3) is 0 Å². The molecule has 0 unspecified atom stereocenters. The lowest BCUT2D eigenvalue weighted by Crippen LogP contribution is -3.09. The summed E-state index contributed by atoms with van der Waals surface area (Å²) >= 11 is 0. The summed E-state index contributed by atoms with van der Waals surface area (Å²) in [6, 6.07) is 6.06. The molecule has 1 aromatic rings. The van der Waals surface area contributed by atoms with Crippen LogP contribution in [0, 0.1) is 0 Å².